The Hall–Kier alpha value is -0.980. The average molecular weight is 162 g/mol. The van der Waals surface area contributed by atoms with E-state index in [1.165, 1.54) is 31.2 Å². The Morgan fingerprint density at radius 3 is 2.75 bits per heavy atom. The third kappa shape index (κ3) is 1.31. The lowest BCUT2D eigenvalue weighted by Gasteiger charge is -1.95. The van der Waals surface area contributed by atoms with Crippen molar-refractivity contribution >= 4 is 11.2 Å². The third-order valence-corrected chi connectivity index (χ3v) is 2.31. The minimum atomic E-state index is 1.02. The Morgan fingerprint density at radius 2 is 2.17 bits per heavy atom. The molecule has 0 N–H and O–H groups in total. The van der Waals surface area contributed by atoms with Crippen molar-refractivity contribution in [2.24, 2.45) is 0 Å². The molecule has 2 rings (SSSR count). The van der Waals surface area contributed by atoms with Crippen molar-refractivity contribution in [1.29, 1.82) is 0 Å². The maximum Gasteiger partial charge on any atom is 0.130 e. The summed E-state index contributed by atoms with van der Waals surface area (Å²) < 4.78 is 5.45. The zero-order valence-electron chi connectivity index (χ0n) is 7.47. The van der Waals surface area contributed by atoms with E-state index >= 15 is 0 Å². The van der Waals surface area contributed by atoms with Gasteiger partial charge in [-0.25, -0.2) is 0 Å². The number of unbranched alkanes of at least 4 members (excludes halogenated alkanes) is 2. The Kier molecular flexibility index (Phi) is 2.03. The molecule has 0 spiro atoms. The van der Waals surface area contributed by atoms with Crippen LogP contribution in [0, 0.1) is 0 Å². The first-order chi connectivity index (χ1) is 5.90. The van der Waals surface area contributed by atoms with Gasteiger partial charge in [0.1, 0.15) is 11.2 Å². The second kappa shape index (κ2) is 3.18. The normalized spacial score (nSPS) is 11.4. The molecule has 0 aliphatic rings. The maximum atomic E-state index is 5.45. The van der Waals surface area contributed by atoms with E-state index in [0.717, 1.165) is 11.2 Å². The second-order valence-electron chi connectivity index (χ2n) is 3.33. The van der Waals surface area contributed by atoms with Gasteiger partial charge in [-0.2, -0.15) is 0 Å². The maximum absolute atomic E-state index is 5.45. The molecule has 2 aromatic rings. The van der Waals surface area contributed by atoms with Crippen LogP contribution in [-0.4, -0.2) is 0 Å². The zero-order chi connectivity index (χ0) is 8.39. The molecule has 0 aromatic carbocycles. The fourth-order valence-corrected chi connectivity index (χ4v) is 1.61. The number of hydrogen-bond donors (Lipinski definition) is 0. The van der Waals surface area contributed by atoms with E-state index in [0.29, 0.717) is 0 Å². The van der Waals surface area contributed by atoms with Crippen LogP contribution in [0.1, 0.15) is 31.7 Å². The predicted octanol–water partition coefficient (Wildman–Crippen LogP) is 3.60. The molecule has 1 heteroatoms. The monoisotopic (exact) mass is 162 g/mol. The summed E-state index contributed by atoms with van der Waals surface area (Å²) in [7, 11) is 0. The van der Waals surface area contributed by atoms with Crippen molar-refractivity contribution in [3.63, 3.8) is 0 Å². The van der Waals surface area contributed by atoms with Gasteiger partial charge in [0.25, 0.3) is 0 Å². The van der Waals surface area contributed by atoms with Crippen LogP contribution in [0.5, 0.6) is 0 Å². The van der Waals surface area contributed by atoms with E-state index in [9.17, 15) is 0 Å². The highest BCUT2D eigenvalue weighted by Crippen LogP contribution is 2.23. The van der Waals surface area contributed by atoms with Crippen molar-refractivity contribution < 1.29 is 4.42 Å². The molecule has 0 unspecified atom stereocenters. The summed E-state index contributed by atoms with van der Waals surface area (Å²) in [5.41, 5.74) is 3.50. The molecule has 0 atom stereocenters. The van der Waals surface area contributed by atoms with E-state index < -0.39 is 0 Å². The van der Waals surface area contributed by atoms with E-state index in [-0.39, 0.29) is 0 Å². The first-order valence-electron chi connectivity index (χ1n) is 4.71. The molecule has 0 aliphatic heterocycles. The minimum absolute atomic E-state index is 1.02. The van der Waals surface area contributed by atoms with Gasteiger partial charge >= 0.3 is 0 Å². The lowest BCUT2D eigenvalue weighted by Crippen LogP contribution is -1.82. The van der Waals surface area contributed by atoms with Crippen LogP contribution in [-0.2, 0) is 6.42 Å². The summed E-state index contributed by atoms with van der Waals surface area (Å²) in [4.78, 5) is 0. The first-order valence-corrected chi connectivity index (χ1v) is 4.71. The largest absolute Gasteiger partial charge is 0.457 e. The number of rotatable bonds is 4. The molecule has 0 aliphatic carbocycles. The van der Waals surface area contributed by atoms with Gasteiger partial charge in [0.05, 0.1) is 0 Å². The minimum Gasteiger partial charge on any atom is -0.457 e. The van der Waals surface area contributed by atoms with Crippen LogP contribution in [0.4, 0.5) is 0 Å². The van der Waals surface area contributed by atoms with Gasteiger partial charge < -0.3 is 4.42 Å². The van der Waals surface area contributed by atoms with E-state index in [2.05, 4.69) is 19.1 Å². The summed E-state index contributed by atoms with van der Waals surface area (Å²) in [6.07, 6.45) is 5.08. The fraction of sp³-hybridized carbons (Fsp3) is 0.455. The van der Waals surface area contributed by atoms with Crippen LogP contribution >= 0.6 is 0 Å². The van der Waals surface area contributed by atoms with Gasteiger partial charge in [-0.15, -0.1) is 0 Å². The van der Waals surface area contributed by atoms with Gasteiger partial charge in [-0.1, -0.05) is 19.8 Å². The highest BCUT2D eigenvalue weighted by atomic mass is 16.3. The van der Waals surface area contributed by atoms with Gasteiger partial charge in [-0.3, -0.25) is 0 Å². The van der Waals surface area contributed by atoms with Gasteiger partial charge in [-0.05, 0) is 36.6 Å². The van der Waals surface area contributed by atoms with E-state index in [1.807, 2.05) is 6.07 Å². The molecule has 2 heterocycles. The highest BCUT2D eigenvalue weighted by Gasteiger charge is 2.05. The summed E-state index contributed by atoms with van der Waals surface area (Å²) in [5.74, 6) is 0. The van der Waals surface area contributed by atoms with Gasteiger partial charge in [0.2, 0.25) is 0 Å². The molecule has 2 aromatic heterocycles. The highest BCUT2D eigenvalue weighted by molar-refractivity contribution is 5.65. The Bertz CT molecular complexity index is 334. The van der Waals surface area contributed by atoms with E-state index in [4.69, 9.17) is 4.42 Å². The lowest BCUT2D eigenvalue weighted by molar-refractivity contribution is 0.667. The molecule has 64 valence electrons. The molecule has 0 fully saturated rings. The molecule has 0 saturated carbocycles. The van der Waals surface area contributed by atoms with Crippen LogP contribution < -0.4 is 0 Å². The smallest absolute Gasteiger partial charge is 0.130 e. The number of furan rings is 2. The zero-order valence-corrected chi connectivity index (χ0v) is 7.47. The van der Waals surface area contributed by atoms with Crippen molar-refractivity contribution in [1.82, 2.24) is 0 Å². The quantitative estimate of drug-likeness (QED) is 0.626. The average Bonchev–Trinajstić information content (AvgIpc) is 2.65. The fourth-order valence-electron chi connectivity index (χ4n) is 1.61. The molecule has 1 nitrogen and oxygen atoms in total. The summed E-state index contributed by atoms with van der Waals surface area (Å²) in [6.45, 7) is 2.23. The molecular formula is C11H14O. The summed E-state index contributed by atoms with van der Waals surface area (Å²) >= 11 is 0. The van der Waals surface area contributed by atoms with Crippen LogP contribution in [0.3, 0.4) is 0 Å². The van der Waals surface area contributed by atoms with Crippen LogP contribution in [0.25, 0.3) is 11.2 Å². The topological polar surface area (TPSA) is 13.1 Å². The number of benzene rings is 1. The lowest BCUT2D eigenvalue weighted by atomic mass is 10.1. The summed E-state index contributed by atoms with van der Waals surface area (Å²) in [5, 5.41) is 0. The van der Waals surface area contributed by atoms with Crippen molar-refractivity contribution in [2.75, 3.05) is 0 Å². The second-order valence-corrected chi connectivity index (χ2v) is 3.33. The van der Waals surface area contributed by atoms with Gasteiger partial charge in [0.15, 0.2) is 0 Å². The molecular weight excluding hydrogens is 148 g/mol. The SMILES string of the molecule is CCCCCc1cc2ccc1o2. The molecule has 2 bridgehead atoms. The molecule has 12 heavy (non-hydrogen) atoms. The van der Waals surface area contributed by atoms with E-state index in [1.54, 1.807) is 0 Å². The van der Waals surface area contributed by atoms with Gasteiger partial charge in [0, 0.05) is 0 Å². The Labute approximate surface area is 72.7 Å². The molecule has 0 saturated heterocycles. The standard InChI is InChI=1S/C11H14O/c1-2-3-4-5-9-8-10-6-7-11(9)12-10/h6-8H,2-5H2,1H3. The van der Waals surface area contributed by atoms with Crippen LogP contribution in [0.2, 0.25) is 0 Å². The Morgan fingerprint density at radius 1 is 1.25 bits per heavy atom. The Balaban J connectivity index is 1.99. The summed E-state index contributed by atoms with van der Waals surface area (Å²) in [6, 6.07) is 6.25. The first kappa shape index (κ1) is 7.66. The predicted molar refractivity (Wildman–Crippen MR) is 50.6 cm³/mol. The van der Waals surface area contributed by atoms with Crippen molar-refractivity contribution in [3.05, 3.63) is 23.8 Å². The third-order valence-electron chi connectivity index (χ3n) is 2.31. The number of hydrogen-bond acceptors (Lipinski definition) is 1. The molecule has 0 radical (unpaired) electrons. The van der Waals surface area contributed by atoms with Crippen LogP contribution in [0.15, 0.2) is 22.6 Å². The number of aryl methyl sites for hydroxylation is 1. The molecule has 0 amide bonds. The van der Waals surface area contributed by atoms with Crippen molar-refractivity contribution in [2.45, 2.75) is 32.6 Å². The van der Waals surface area contributed by atoms with Crippen molar-refractivity contribution in [3.8, 4) is 0 Å². The number of fused-ring (bicyclic) bond motifs is 2.